The van der Waals surface area contributed by atoms with Crippen LogP contribution in [0.25, 0.3) is 11.6 Å². The third kappa shape index (κ3) is 4.22. The van der Waals surface area contributed by atoms with E-state index < -0.39 is 11.8 Å². The zero-order chi connectivity index (χ0) is 19.4. The molecule has 0 amide bonds. The molecular formula is C23H22FNO2. The molecule has 2 aromatic carbocycles. The molecule has 0 fully saturated rings. The van der Waals surface area contributed by atoms with E-state index in [0.29, 0.717) is 5.56 Å². The van der Waals surface area contributed by atoms with E-state index >= 15 is 0 Å². The Morgan fingerprint density at radius 3 is 2.70 bits per heavy atom. The molecule has 4 heteroatoms. The fraction of sp³-hybridized carbons (Fsp3) is 0.217. The van der Waals surface area contributed by atoms with E-state index in [4.69, 9.17) is 5.11 Å². The van der Waals surface area contributed by atoms with Gasteiger partial charge in [-0.3, -0.25) is 4.99 Å². The first-order valence-corrected chi connectivity index (χ1v) is 9.01. The van der Waals surface area contributed by atoms with E-state index in [9.17, 15) is 9.18 Å². The minimum Gasteiger partial charge on any atom is -0.478 e. The van der Waals surface area contributed by atoms with Crippen molar-refractivity contribution in [3.05, 3.63) is 81.8 Å². The molecule has 1 heterocycles. The summed E-state index contributed by atoms with van der Waals surface area (Å²) in [5, 5.41) is 9.03. The van der Waals surface area contributed by atoms with Gasteiger partial charge in [0.15, 0.2) is 0 Å². The van der Waals surface area contributed by atoms with E-state index in [0.717, 1.165) is 41.7 Å². The van der Waals surface area contributed by atoms with Gasteiger partial charge in [-0.15, -0.1) is 0 Å². The van der Waals surface area contributed by atoms with Crippen LogP contribution in [0.4, 0.5) is 4.39 Å². The van der Waals surface area contributed by atoms with Gasteiger partial charge in [-0.25, -0.2) is 9.18 Å². The van der Waals surface area contributed by atoms with Gasteiger partial charge in [-0.2, -0.15) is 0 Å². The Balaban J connectivity index is 2.16. The maximum Gasteiger partial charge on any atom is 0.338 e. The molecule has 0 aliphatic carbocycles. The summed E-state index contributed by atoms with van der Waals surface area (Å²) in [6.07, 6.45) is 8.83. The Morgan fingerprint density at radius 2 is 1.96 bits per heavy atom. The number of nitrogens with zero attached hydrogens (tertiary/aromatic N) is 1. The van der Waals surface area contributed by atoms with E-state index in [1.54, 1.807) is 6.07 Å². The monoisotopic (exact) mass is 363 g/mol. The highest BCUT2D eigenvalue weighted by Crippen LogP contribution is 2.32. The molecule has 0 atom stereocenters. The maximum atomic E-state index is 14.2. The quantitative estimate of drug-likeness (QED) is 0.696. The second-order valence-corrected chi connectivity index (χ2v) is 6.68. The topological polar surface area (TPSA) is 49.7 Å². The lowest BCUT2D eigenvalue weighted by atomic mass is 9.93. The summed E-state index contributed by atoms with van der Waals surface area (Å²) in [6.45, 7) is 4.12. The third-order valence-electron chi connectivity index (χ3n) is 4.81. The Hall–Kier alpha value is -3.01. The van der Waals surface area contributed by atoms with Crippen LogP contribution in [0.3, 0.4) is 0 Å². The molecule has 0 aromatic heterocycles. The van der Waals surface area contributed by atoms with Crippen LogP contribution in [-0.4, -0.2) is 17.3 Å². The molecule has 0 bridgehead atoms. The molecule has 0 saturated heterocycles. The van der Waals surface area contributed by atoms with Crippen LogP contribution in [0.2, 0.25) is 0 Å². The summed E-state index contributed by atoms with van der Waals surface area (Å²) >= 11 is 0. The zero-order valence-electron chi connectivity index (χ0n) is 15.5. The molecule has 3 nitrogen and oxygen atoms in total. The standard InChI is InChI=1S/C23H22FNO2/c1-15-7-6-8-18(16(15)2)20(22-9-4-3-5-12-25-22)13-17-10-11-19(23(26)27)21(24)14-17/h6-14H,3-5H2,1-2H3,(H,26,27)/b20-13-. The predicted molar refractivity (Wildman–Crippen MR) is 108 cm³/mol. The Kier molecular flexibility index (Phi) is 5.65. The minimum absolute atomic E-state index is 0.327. The van der Waals surface area contributed by atoms with Crippen molar-refractivity contribution in [3.8, 4) is 0 Å². The molecule has 0 radical (unpaired) electrons. The molecule has 1 aliphatic rings. The Bertz CT molecular complexity index is 970. The van der Waals surface area contributed by atoms with Crippen LogP contribution in [0, 0.1) is 19.7 Å². The lowest BCUT2D eigenvalue weighted by Gasteiger charge is -2.14. The van der Waals surface area contributed by atoms with E-state index in [1.807, 2.05) is 24.4 Å². The van der Waals surface area contributed by atoms with Gasteiger partial charge in [0, 0.05) is 11.8 Å². The van der Waals surface area contributed by atoms with E-state index in [1.165, 1.54) is 17.7 Å². The molecule has 1 N–H and O–H groups in total. The van der Waals surface area contributed by atoms with Gasteiger partial charge >= 0.3 is 5.97 Å². The number of rotatable bonds is 4. The largest absolute Gasteiger partial charge is 0.478 e. The number of hydrogen-bond acceptors (Lipinski definition) is 2. The zero-order valence-corrected chi connectivity index (χ0v) is 15.5. The van der Waals surface area contributed by atoms with Gasteiger partial charge in [0.25, 0.3) is 0 Å². The highest BCUT2D eigenvalue weighted by Gasteiger charge is 2.14. The van der Waals surface area contributed by atoms with Crippen LogP contribution in [-0.2, 0) is 0 Å². The van der Waals surface area contributed by atoms with Crippen molar-refractivity contribution in [2.24, 2.45) is 4.99 Å². The van der Waals surface area contributed by atoms with Crippen LogP contribution >= 0.6 is 0 Å². The number of aromatic carboxylic acids is 1. The Morgan fingerprint density at radius 1 is 1.15 bits per heavy atom. The lowest BCUT2D eigenvalue weighted by Crippen LogP contribution is -2.00. The molecular weight excluding hydrogens is 341 g/mol. The summed E-state index contributed by atoms with van der Waals surface area (Å²) in [4.78, 5) is 15.7. The van der Waals surface area contributed by atoms with Crippen LogP contribution in [0.1, 0.15) is 51.9 Å². The molecule has 2 aromatic rings. The van der Waals surface area contributed by atoms with E-state index in [2.05, 4.69) is 31.0 Å². The fourth-order valence-electron chi connectivity index (χ4n) is 3.14. The molecule has 0 spiro atoms. The summed E-state index contributed by atoms with van der Waals surface area (Å²) in [5.41, 5.74) is 5.42. The van der Waals surface area contributed by atoms with Gasteiger partial charge in [0.05, 0.1) is 11.3 Å². The van der Waals surface area contributed by atoms with Crippen LogP contribution < -0.4 is 0 Å². The molecule has 1 aliphatic heterocycles. The second kappa shape index (κ2) is 8.12. The highest BCUT2D eigenvalue weighted by molar-refractivity contribution is 5.94. The number of aliphatic imine (C=N–C) groups is 1. The number of carbonyl (C=O) groups is 1. The number of allylic oxidation sites excluding steroid dienone is 2. The maximum absolute atomic E-state index is 14.2. The van der Waals surface area contributed by atoms with Crippen molar-refractivity contribution in [1.82, 2.24) is 0 Å². The average molecular weight is 363 g/mol. The van der Waals surface area contributed by atoms with Crippen LogP contribution in [0.15, 0.2) is 53.2 Å². The number of aryl methyl sites for hydroxylation is 1. The number of hydrogen-bond donors (Lipinski definition) is 1. The summed E-state index contributed by atoms with van der Waals surface area (Å²) in [5.74, 6) is -2.01. The SMILES string of the molecule is Cc1cccc(/C(=C/c2ccc(C(=O)O)c(F)c2)C2=CCCCC=N2)c1C. The molecule has 0 saturated carbocycles. The van der Waals surface area contributed by atoms with E-state index in [-0.39, 0.29) is 5.56 Å². The van der Waals surface area contributed by atoms with Gasteiger partial charge in [-0.05, 0) is 73.6 Å². The highest BCUT2D eigenvalue weighted by atomic mass is 19.1. The van der Waals surface area contributed by atoms with Gasteiger partial charge in [0.1, 0.15) is 5.82 Å². The molecule has 138 valence electrons. The average Bonchev–Trinajstić information content (AvgIpc) is 2.91. The van der Waals surface area contributed by atoms with Crippen molar-refractivity contribution in [2.45, 2.75) is 33.1 Å². The number of benzene rings is 2. The first kappa shape index (κ1) is 18.8. The Labute approximate surface area is 158 Å². The summed E-state index contributed by atoms with van der Waals surface area (Å²) in [7, 11) is 0. The number of carboxylic acids is 1. The van der Waals surface area contributed by atoms with Gasteiger partial charge in [-0.1, -0.05) is 30.3 Å². The molecule has 3 rings (SSSR count). The predicted octanol–water partition coefficient (Wildman–Crippen LogP) is 5.82. The summed E-state index contributed by atoms with van der Waals surface area (Å²) < 4.78 is 14.2. The normalized spacial score (nSPS) is 14.6. The van der Waals surface area contributed by atoms with Crippen LogP contribution in [0.5, 0.6) is 0 Å². The van der Waals surface area contributed by atoms with Crippen molar-refractivity contribution < 1.29 is 14.3 Å². The molecule has 27 heavy (non-hydrogen) atoms. The van der Waals surface area contributed by atoms with Crippen molar-refractivity contribution >= 4 is 23.8 Å². The smallest absolute Gasteiger partial charge is 0.338 e. The first-order valence-electron chi connectivity index (χ1n) is 9.01. The van der Waals surface area contributed by atoms with Crippen molar-refractivity contribution in [2.75, 3.05) is 0 Å². The first-order chi connectivity index (χ1) is 13.0. The number of halogens is 1. The van der Waals surface area contributed by atoms with Crippen molar-refractivity contribution in [1.29, 1.82) is 0 Å². The van der Waals surface area contributed by atoms with Gasteiger partial charge in [0.2, 0.25) is 0 Å². The van der Waals surface area contributed by atoms with Crippen molar-refractivity contribution in [3.63, 3.8) is 0 Å². The third-order valence-corrected chi connectivity index (χ3v) is 4.81. The minimum atomic E-state index is -1.27. The second-order valence-electron chi connectivity index (χ2n) is 6.68. The summed E-state index contributed by atoms with van der Waals surface area (Å²) in [6, 6.07) is 10.3. The van der Waals surface area contributed by atoms with Gasteiger partial charge < -0.3 is 5.11 Å². The lowest BCUT2D eigenvalue weighted by molar-refractivity contribution is 0.0692. The fourth-order valence-corrected chi connectivity index (χ4v) is 3.14. The number of carboxylic acid groups (broad SMARTS) is 1. The molecule has 0 unspecified atom stereocenters.